The Morgan fingerprint density at radius 1 is 1.38 bits per heavy atom. The topological polar surface area (TPSA) is 69.4 Å². The maximum atomic E-state index is 9.64. The van der Waals surface area contributed by atoms with Gasteiger partial charge in [0.2, 0.25) is 0 Å². The van der Waals surface area contributed by atoms with Crippen LogP contribution in [0.15, 0.2) is 30.3 Å². The molecule has 0 saturated carbocycles. The van der Waals surface area contributed by atoms with Crippen molar-refractivity contribution < 1.29 is 9.68 Å². The van der Waals surface area contributed by atoms with E-state index in [1.807, 2.05) is 43.1 Å². The highest BCUT2D eigenvalue weighted by atomic mass is 16.5. The highest BCUT2D eigenvalue weighted by molar-refractivity contribution is 6.61. The standard InChI is InChI=1S/C15H14BN3O2/c1-10-11(8-17)3-6-15(18-10)19(2)13-4-5-14-12(7-13)9-21-16(14)20/h3-7,20H,9H2,1-2H3. The molecule has 0 fully saturated rings. The zero-order chi connectivity index (χ0) is 15.0. The first-order valence-corrected chi connectivity index (χ1v) is 6.64. The highest BCUT2D eigenvalue weighted by Gasteiger charge is 2.27. The van der Waals surface area contributed by atoms with Gasteiger partial charge in [0.1, 0.15) is 11.9 Å². The number of rotatable bonds is 2. The number of hydrogen-bond acceptors (Lipinski definition) is 5. The maximum absolute atomic E-state index is 9.64. The van der Waals surface area contributed by atoms with Gasteiger partial charge in [-0.1, -0.05) is 6.07 Å². The minimum Gasteiger partial charge on any atom is -0.423 e. The summed E-state index contributed by atoms with van der Waals surface area (Å²) in [6.07, 6.45) is 0. The van der Waals surface area contributed by atoms with Gasteiger partial charge in [0, 0.05) is 12.7 Å². The lowest BCUT2D eigenvalue weighted by Gasteiger charge is -2.19. The third-order valence-corrected chi connectivity index (χ3v) is 3.71. The molecule has 3 rings (SSSR count). The number of anilines is 2. The molecule has 0 bridgehead atoms. The van der Waals surface area contributed by atoms with Crippen molar-refractivity contribution in [3.63, 3.8) is 0 Å². The zero-order valence-corrected chi connectivity index (χ0v) is 11.9. The molecule has 0 aliphatic carbocycles. The Morgan fingerprint density at radius 2 is 2.19 bits per heavy atom. The summed E-state index contributed by atoms with van der Waals surface area (Å²) < 4.78 is 5.20. The summed E-state index contributed by atoms with van der Waals surface area (Å²) in [4.78, 5) is 6.40. The van der Waals surface area contributed by atoms with Gasteiger partial charge in [-0.05, 0) is 42.2 Å². The summed E-state index contributed by atoms with van der Waals surface area (Å²) >= 11 is 0. The van der Waals surface area contributed by atoms with Gasteiger partial charge in [0.05, 0.1) is 17.9 Å². The van der Waals surface area contributed by atoms with E-state index >= 15 is 0 Å². The van der Waals surface area contributed by atoms with Crippen LogP contribution in [0.5, 0.6) is 0 Å². The Balaban J connectivity index is 1.94. The third kappa shape index (κ3) is 2.37. The van der Waals surface area contributed by atoms with E-state index in [0.717, 1.165) is 22.5 Å². The van der Waals surface area contributed by atoms with Crippen LogP contribution in [0.25, 0.3) is 0 Å². The molecule has 0 amide bonds. The van der Waals surface area contributed by atoms with Crippen molar-refractivity contribution >= 4 is 24.1 Å². The molecule has 0 atom stereocenters. The molecule has 1 aromatic carbocycles. The molecular formula is C15H14BN3O2. The van der Waals surface area contributed by atoms with E-state index < -0.39 is 7.12 Å². The molecule has 6 heteroatoms. The van der Waals surface area contributed by atoms with Crippen molar-refractivity contribution in [3.05, 3.63) is 47.2 Å². The number of pyridine rings is 1. The van der Waals surface area contributed by atoms with E-state index in [1.165, 1.54) is 0 Å². The van der Waals surface area contributed by atoms with Crippen molar-refractivity contribution in [1.29, 1.82) is 5.26 Å². The van der Waals surface area contributed by atoms with E-state index in [4.69, 9.17) is 9.92 Å². The lowest BCUT2D eigenvalue weighted by Crippen LogP contribution is -2.28. The van der Waals surface area contributed by atoms with Crippen LogP contribution in [-0.2, 0) is 11.3 Å². The quantitative estimate of drug-likeness (QED) is 0.838. The van der Waals surface area contributed by atoms with E-state index in [2.05, 4.69) is 11.1 Å². The van der Waals surface area contributed by atoms with E-state index in [9.17, 15) is 5.02 Å². The first-order valence-electron chi connectivity index (χ1n) is 6.64. The number of benzene rings is 1. The van der Waals surface area contributed by atoms with Crippen LogP contribution in [0.3, 0.4) is 0 Å². The summed E-state index contributed by atoms with van der Waals surface area (Å²) in [6.45, 7) is 2.24. The number of fused-ring (bicyclic) bond motifs is 1. The summed E-state index contributed by atoms with van der Waals surface area (Å²) in [5.41, 5.74) is 4.05. The average molecular weight is 279 g/mol. The fraction of sp³-hybridized carbons (Fsp3) is 0.200. The lowest BCUT2D eigenvalue weighted by molar-refractivity contribution is 0.275. The fourth-order valence-corrected chi connectivity index (χ4v) is 2.41. The molecule has 1 aromatic heterocycles. The van der Waals surface area contributed by atoms with Crippen molar-refractivity contribution in [3.8, 4) is 6.07 Å². The van der Waals surface area contributed by atoms with Crippen molar-refractivity contribution in [2.45, 2.75) is 13.5 Å². The van der Waals surface area contributed by atoms with Crippen LogP contribution in [0.4, 0.5) is 11.5 Å². The third-order valence-electron chi connectivity index (χ3n) is 3.71. The Hall–Kier alpha value is -2.36. The first kappa shape index (κ1) is 13.6. The molecule has 0 radical (unpaired) electrons. The monoisotopic (exact) mass is 279 g/mol. The van der Waals surface area contributed by atoms with Gasteiger partial charge >= 0.3 is 7.12 Å². The number of hydrogen-bond donors (Lipinski definition) is 1. The predicted octanol–water partition coefficient (Wildman–Crippen LogP) is 1.25. The predicted molar refractivity (Wildman–Crippen MR) is 80.6 cm³/mol. The molecule has 104 valence electrons. The van der Waals surface area contributed by atoms with Crippen LogP contribution in [0.1, 0.15) is 16.8 Å². The van der Waals surface area contributed by atoms with Crippen molar-refractivity contribution in [1.82, 2.24) is 4.98 Å². The van der Waals surface area contributed by atoms with Crippen LogP contribution >= 0.6 is 0 Å². The Bertz CT molecular complexity index is 742. The molecule has 0 unspecified atom stereocenters. The minimum atomic E-state index is -0.824. The molecule has 5 nitrogen and oxygen atoms in total. The summed E-state index contributed by atoms with van der Waals surface area (Å²) in [6, 6.07) is 11.5. The normalized spacial score (nSPS) is 13.0. The smallest absolute Gasteiger partial charge is 0.423 e. The molecule has 1 aliphatic heterocycles. The van der Waals surface area contributed by atoms with Crippen molar-refractivity contribution in [2.75, 3.05) is 11.9 Å². The minimum absolute atomic E-state index is 0.415. The zero-order valence-electron chi connectivity index (χ0n) is 11.9. The first-order chi connectivity index (χ1) is 10.1. The number of nitrogens with zero attached hydrogens (tertiary/aromatic N) is 3. The van der Waals surface area contributed by atoms with Gasteiger partial charge in [0.25, 0.3) is 0 Å². The van der Waals surface area contributed by atoms with Gasteiger partial charge in [-0.25, -0.2) is 4.98 Å². The largest absolute Gasteiger partial charge is 0.491 e. The van der Waals surface area contributed by atoms with Gasteiger partial charge in [-0.2, -0.15) is 5.26 Å². The van der Waals surface area contributed by atoms with Gasteiger partial charge in [-0.3, -0.25) is 0 Å². The fourth-order valence-electron chi connectivity index (χ4n) is 2.41. The van der Waals surface area contributed by atoms with Crippen molar-refractivity contribution in [2.24, 2.45) is 0 Å². The van der Waals surface area contributed by atoms with E-state index in [1.54, 1.807) is 6.07 Å². The molecule has 2 heterocycles. The molecular weight excluding hydrogens is 265 g/mol. The Labute approximate surface area is 123 Å². The second-order valence-corrected chi connectivity index (χ2v) is 5.02. The molecule has 1 N–H and O–H groups in total. The Kier molecular flexibility index (Phi) is 3.38. The maximum Gasteiger partial charge on any atom is 0.491 e. The molecule has 0 spiro atoms. The van der Waals surface area contributed by atoms with Crippen LogP contribution in [0.2, 0.25) is 0 Å². The lowest BCUT2D eigenvalue weighted by atomic mass is 9.79. The van der Waals surface area contributed by atoms with E-state index in [0.29, 0.717) is 17.9 Å². The summed E-state index contributed by atoms with van der Waals surface area (Å²) in [7, 11) is 1.09. The SMILES string of the molecule is Cc1nc(N(C)c2ccc3c(c2)COB3O)ccc1C#N. The molecule has 21 heavy (non-hydrogen) atoms. The summed E-state index contributed by atoms with van der Waals surface area (Å²) in [5.74, 6) is 0.769. The summed E-state index contributed by atoms with van der Waals surface area (Å²) in [5, 5.41) is 18.6. The van der Waals surface area contributed by atoms with E-state index in [-0.39, 0.29) is 0 Å². The number of nitriles is 1. The van der Waals surface area contributed by atoms with Crippen LogP contribution < -0.4 is 10.4 Å². The average Bonchev–Trinajstić information content (AvgIpc) is 2.87. The Morgan fingerprint density at radius 3 is 2.90 bits per heavy atom. The number of aromatic nitrogens is 1. The van der Waals surface area contributed by atoms with Gasteiger partial charge in [-0.15, -0.1) is 0 Å². The van der Waals surface area contributed by atoms with Crippen LogP contribution in [-0.4, -0.2) is 24.2 Å². The highest BCUT2D eigenvalue weighted by Crippen LogP contribution is 2.24. The second-order valence-electron chi connectivity index (χ2n) is 5.02. The van der Waals surface area contributed by atoms with Crippen LogP contribution in [0, 0.1) is 18.3 Å². The molecule has 2 aromatic rings. The molecule has 0 saturated heterocycles. The second kappa shape index (κ2) is 5.21. The number of aryl methyl sites for hydroxylation is 1. The van der Waals surface area contributed by atoms with Gasteiger partial charge in [0.15, 0.2) is 0 Å². The van der Waals surface area contributed by atoms with Gasteiger partial charge < -0.3 is 14.6 Å². The molecule has 1 aliphatic rings.